The maximum absolute atomic E-state index is 3.64. The average molecular weight is 707 g/mol. The van der Waals surface area contributed by atoms with Crippen molar-refractivity contribution >= 4 is 32.3 Å². The predicted octanol–water partition coefficient (Wildman–Crippen LogP) is 14.1. The zero-order valence-corrected chi connectivity index (χ0v) is 30.6. The molecule has 0 radical (unpaired) electrons. The van der Waals surface area contributed by atoms with E-state index in [0.29, 0.717) is 0 Å². The Morgan fingerprint density at radius 1 is 0.232 bits per heavy atom. The van der Waals surface area contributed by atoms with Crippen LogP contribution in [0.5, 0.6) is 0 Å². The Hall–Kier alpha value is -7.64. The summed E-state index contributed by atoms with van der Waals surface area (Å²) in [6.45, 7) is 0. The molecule has 10 aromatic carbocycles. The van der Waals surface area contributed by atoms with Gasteiger partial charge in [0.1, 0.15) is 0 Å². The molecule has 0 N–H and O–H groups in total. The van der Waals surface area contributed by atoms with Crippen LogP contribution in [-0.4, -0.2) is 0 Å². The van der Waals surface area contributed by atoms with Crippen molar-refractivity contribution in [2.75, 3.05) is 0 Å². The molecule has 0 aliphatic carbocycles. The van der Waals surface area contributed by atoms with E-state index in [1.165, 1.54) is 54.9 Å². The highest BCUT2D eigenvalue weighted by Gasteiger charge is 2.21. The van der Waals surface area contributed by atoms with Crippen molar-refractivity contribution in [3.8, 4) is 68.2 Å². The Kier molecular flexibility index (Phi) is 8.42. The molecule has 0 bridgehead atoms. The molecule has 0 saturated carbocycles. The van der Waals surface area contributed by atoms with Crippen molar-refractivity contribution in [1.29, 1.82) is 0 Å². The van der Waals surface area contributed by atoms with E-state index in [1.807, 2.05) is 36.4 Å². The normalized spacial score (nSPS) is 10.9. The van der Waals surface area contributed by atoms with Gasteiger partial charge in [0.05, 0.1) is 0 Å². The van der Waals surface area contributed by atoms with Crippen molar-refractivity contribution in [2.24, 2.45) is 0 Å². The molecule has 10 aromatic rings. The summed E-state index contributed by atoms with van der Waals surface area (Å²) in [5.41, 5.74) is 13.4. The van der Waals surface area contributed by atoms with Crippen LogP contribution in [0, 0.1) is 23.7 Å². The Morgan fingerprint density at radius 3 is 0.946 bits per heavy atom. The van der Waals surface area contributed by atoms with Crippen LogP contribution < -0.4 is 0 Å². The molecule has 0 saturated heterocycles. The van der Waals surface area contributed by atoms with Crippen LogP contribution in [0.15, 0.2) is 206 Å². The van der Waals surface area contributed by atoms with Crippen molar-refractivity contribution in [3.63, 3.8) is 0 Å². The van der Waals surface area contributed by atoms with Gasteiger partial charge in [-0.15, -0.1) is 0 Å². The minimum Gasteiger partial charge on any atom is -0.0622 e. The first-order valence-corrected chi connectivity index (χ1v) is 19.0. The maximum atomic E-state index is 3.64. The second kappa shape index (κ2) is 14.3. The fourth-order valence-corrected chi connectivity index (χ4v) is 8.14. The zero-order chi connectivity index (χ0) is 37.3. The van der Waals surface area contributed by atoms with E-state index in [-0.39, 0.29) is 0 Å². The van der Waals surface area contributed by atoms with Crippen LogP contribution in [0.25, 0.3) is 76.8 Å². The van der Waals surface area contributed by atoms with Crippen LogP contribution in [-0.2, 0) is 0 Å². The minimum atomic E-state index is 0.989. The summed E-state index contributed by atoms with van der Waals surface area (Å²) in [5.74, 6) is 14.3. The Labute approximate surface area is 327 Å². The molecule has 0 unspecified atom stereocenters. The SMILES string of the molecule is C(#Cc1cc(-c2ccccc2-c2ccccc2)c2ccc3c(-c4ccccc4-c4ccccc4)cc(C#Cc4ccccc4)c4ccc1c2c43)c1ccccc1. The third kappa shape index (κ3) is 5.97. The monoisotopic (exact) mass is 706 g/mol. The highest BCUT2D eigenvalue weighted by atomic mass is 14.2. The largest absolute Gasteiger partial charge is 0.0622 e. The summed E-state index contributed by atoms with van der Waals surface area (Å²) in [6.07, 6.45) is 0. The van der Waals surface area contributed by atoms with Crippen molar-refractivity contribution in [2.45, 2.75) is 0 Å². The quantitative estimate of drug-likeness (QED) is 0.126. The molecule has 258 valence electrons. The van der Waals surface area contributed by atoms with Gasteiger partial charge in [-0.05, 0) is 113 Å². The van der Waals surface area contributed by atoms with Crippen LogP contribution in [0.2, 0.25) is 0 Å². The summed E-state index contributed by atoms with van der Waals surface area (Å²) < 4.78 is 0. The molecular weight excluding hydrogens is 673 g/mol. The third-order valence-corrected chi connectivity index (χ3v) is 10.7. The van der Waals surface area contributed by atoms with Gasteiger partial charge < -0.3 is 0 Å². The number of hydrogen-bond acceptors (Lipinski definition) is 0. The summed E-state index contributed by atoms with van der Waals surface area (Å²) in [6, 6.07) is 73.2. The molecule has 10 rings (SSSR count). The van der Waals surface area contributed by atoms with Crippen LogP contribution in [0.1, 0.15) is 22.3 Å². The zero-order valence-electron chi connectivity index (χ0n) is 30.6. The molecular formula is C56H34. The lowest BCUT2D eigenvalue weighted by atomic mass is 9.82. The lowest BCUT2D eigenvalue weighted by Crippen LogP contribution is -1.96. The van der Waals surface area contributed by atoms with Crippen LogP contribution in [0.3, 0.4) is 0 Å². The van der Waals surface area contributed by atoms with E-state index >= 15 is 0 Å². The molecule has 0 aromatic heterocycles. The second-order valence-corrected chi connectivity index (χ2v) is 14.1. The maximum Gasteiger partial charge on any atom is 0.0334 e. The van der Waals surface area contributed by atoms with Gasteiger partial charge >= 0.3 is 0 Å². The lowest BCUT2D eigenvalue weighted by molar-refractivity contribution is 1.59. The first-order chi connectivity index (χ1) is 27.8. The van der Waals surface area contributed by atoms with E-state index in [4.69, 9.17) is 0 Å². The summed E-state index contributed by atoms with van der Waals surface area (Å²) in [5, 5.41) is 7.08. The third-order valence-electron chi connectivity index (χ3n) is 10.7. The van der Waals surface area contributed by atoms with E-state index in [9.17, 15) is 0 Å². The lowest BCUT2D eigenvalue weighted by Gasteiger charge is -2.21. The smallest absolute Gasteiger partial charge is 0.0334 e. The standard InChI is InChI=1S/C56H34/c1-5-17-39(18-6-1)29-31-43-37-53(49-27-15-13-25-45(49)41-21-9-3-10-22-41)51-35-36-52-54(50-28-16-14-26-46(50)42-23-11-4-12-24-42)38-44(32-30-40-19-7-2-8-20-40)48-34-33-47(43)55(51)56(48)52/h1-28,33-38H. The van der Waals surface area contributed by atoms with Gasteiger partial charge in [-0.3, -0.25) is 0 Å². The minimum absolute atomic E-state index is 0.989. The summed E-state index contributed by atoms with van der Waals surface area (Å²) >= 11 is 0. The Morgan fingerprint density at radius 2 is 0.554 bits per heavy atom. The molecule has 56 heavy (non-hydrogen) atoms. The topological polar surface area (TPSA) is 0 Å². The molecule has 0 aliphatic heterocycles. The van der Waals surface area contributed by atoms with Gasteiger partial charge in [-0.25, -0.2) is 0 Å². The molecule has 0 atom stereocenters. The van der Waals surface area contributed by atoms with Crippen molar-refractivity contribution in [1.82, 2.24) is 0 Å². The summed E-state index contributed by atoms with van der Waals surface area (Å²) in [4.78, 5) is 0. The van der Waals surface area contributed by atoms with Gasteiger partial charge in [0.15, 0.2) is 0 Å². The first-order valence-electron chi connectivity index (χ1n) is 19.0. The predicted molar refractivity (Wildman–Crippen MR) is 237 cm³/mol. The van der Waals surface area contributed by atoms with Crippen molar-refractivity contribution in [3.05, 3.63) is 229 Å². The van der Waals surface area contributed by atoms with Gasteiger partial charge in [0, 0.05) is 22.3 Å². The van der Waals surface area contributed by atoms with Gasteiger partial charge in [-0.1, -0.05) is 194 Å². The van der Waals surface area contributed by atoms with E-state index in [2.05, 4.69) is 194 Å². The van der Waals surface area contributed by atoms with E-state index in [0.717, 1.165) is 44.2 Å². The highest BCUT2D eigenvalue weighted by molar-refractivity contribution is 6.30. The average Bonchev–Trinajstić information content (AvgIpc) is 3.28. The fourth-order valence-electron chi connectivity index (χ4n) is 8.14. The Balaban J connectivity index is 1.34. The Bertz CT molecular complexity index is 2940. The van der Waals surface area contributed by atoms with Gasteiger partial charge in [0.2, 0.25) is 0 Å². The van der Waals surface area contributed by atoms with Crippen molar-refractivity contribution < 1.29 is 0 Å². The number of benzene rings is 10. The first kappa shape index (κ1) is 33.0. The van der Waals surface area contributed by atoms with Gasteiger partial charge in [0.25, 0.3) is 0 Å². The van der Waals surface area contributed by atoms with E-state index in [1.54, 1.807) is 0 Å². The molecule has 0 spiro atoms. The van der Waals surface area contributed by atoms with Gasteiger partial charge in [-0.2, -0.15) is 0 Å². The fraction of sp³-hybridized carbons (Fsp3) is 0. The second-order valence-electron chi connectivity index (χ2n) is 14.1. The molecule has 0 nitrogen and oxygen atoms in total. The number of hydrogen-bond donors (Lipinski definition) is 0. The van der Waals surface area contributed by atoms with Crippen LogP contribution >= 0.6 is 0 Å². The molecule has 0 amide bonds. The number of rotatable bonds is 4. The molecule has 0 aliphatic rings. The molecule has 0 heteroatoms. The molecule has 0 heterocycles. The van der Waals surface area contributed by atoms with E-state index < -0.39 is 0 Å². The molecule has 0 fully saturated rings. The van der Waals surface area contributed by atoms with Crippen LogP contribution in [0.4, 0.5) is 0 Å². The highest BCUT2D eigenvalue weighted by Crippen LogP contribution is 2.47. The summed E-state index contributed by atoms with van der Waals surface area (Å²) in [7, 11) is 0.